The van der Waals surface area contributed by atoms with Gasteiger partial charge in [0.1, 0.15) is 5.82 Å². The highest BCUT2D eigenvalue weighted by Gasteiger charge is 1.98. The summed E-state index contributed by atoms with van der Waals surface area (Å²) in [6.45, 7) is 3.86. The third-order valence-electron chi connectivity index (χ3n) is 1.95. The minimum absolute atomic E-state index is 0.171. The molecule has 1 rings (SSSR count). The number of rotatable bonds is 1. The molecule has 2 N–H and O–H groups in total. The van der Waals surface area contributed by atoms with Gasteiger partial charge in [0, 0.05) is 0 Å². The fraction of sp³-hybridized carbons (Fsp3) is 0.333. The molecule has 14 heavy (non-hydrogen) atoms. The number of nitrogens with two attached hydrogens (primary N) is 1. The van der Waals surface area contributed by atoms with Crippen molar-refractivity contribution in [2.24, 2.45) is 5.73 Å². The molecule has 1 nitrogen and oxygen atoms in total. The number of hydrogen-bond donors (Lipinski definition) is 1. The largest absolute Gasteiger partial charge is 0.318 e. The van der Waals surface area contributed by atoms with E-state index >= 15 is 0 Å². The van der Waals surface area contributed by atoms with Gasteiger partial charge in [-0.25, -0.2) is 4.39 Å². The highest BCUT2D eigenvalue weighted by Crippen LogP contribution is 2.08. The quantitative estimate of drug-likeness (QED) is 0.677. The standard InChI is InChI=1S/C12H14FN/c1-3-11(14)6-5-10-8-9(2)4-7-12(10)13/h4,7-8,11H,3,14H2,1-2H3. The molecule has 0 radical (unpaired) electrons. The minimum atomic E-state index is -0.286. The summed E-state index contributed by atoms with van der Waals surface area (Å²) in [7, 11) is 0. The van der Waals surface area contributed by atoms with Gasteiger partial charge in [-0.2, -0.15) is 0 Å². The lowest BCUT2D eigenvalue weighted by atomic mass is 10.1. The topological polar surface area (TPSA) is 26.0 Å². The van der Waals surface area contributed by atoms with Gasteiger partial charge >= 0.3 is 0 Å². The van der Waals surface area contributed by atoms with E-state index in [9.17, 15) is 4.39 Å². The van der Waals surface area contributed by atoms with Crippen LogP contribution in [0.1, 0.15) is 24.5 Å². The van der Waals surface area contributed by atoms with Crippen molar-refractivity contribution in [1.82, 2.24) is 0 Å². The Kier molecular flexibility index (Phi) is 3.67. The van der Waals surface area contributed by atoms with Crippen LogP contribution in [0.2, 0.25) is 0 Å². The van der Waals surface area contributed by atoms with Gasteiger partial charge in [-0.05, 0) is 31.0 Å². The summed E-state index contributed by atoms with van der Waals surface area (Å²) in [5, 5.41) is 0. The lowest BCUT2D eigenvalue weighted by molar-refractivity contribution is 0.624. The molecule has 1 atom stereocenters. The van der Waals surface area contributed by atoms with Crippen LogP contribution in [0, 0.1) is 24.6 Å². The van der Waals surface area contributed by atoms with Crippen LogP contribution >= 0.6 is 0 Å². The van der Waals surface area contributed by atoms with E-state index in [-0.39, 0.29) is 11.9 Å². The Hall–Kier alpha value is -1.33. The Morgan fingerprint density at radius 1 is 1.50 bits per heavy atom. The van der Waals surface area contributed by atoms with Gasteiger partial charge < -0.3 is 5.73 Å². The van der Waals surface area contributed by atoms with Gasteiger partial charge in [0.2, 0.25) is 0 Å². The SMILES string of the molecule is CCC(N)C#Cc1cc(C)ccc1F. The maximum Gasteiger partial charge on any atom is 0.138 e. The van der Waals surface area contributed by atoms with Crippen LogP contribution in [0.5, 0.6) is 0 Å². The molecule has 74 valence electrons. The molecule has 1 unspecified atom stereocenters. The fourth-order valence-corrected chi connectivity index (χ4v) is 1.01. The molecule has 0 aromatic heterocycles. The third-order valence-corrected chi connectivity index (χ3v) is 1.95. The fourth-order valence-electron chi connectivity index (χ4n) is 1.01. The van der Waals surface area contributed by atoms with E-state index in [4.69, 9.17) is 5.73 Å². The molecule has 1 aromatic carbocycles. The monoisotopic (exact) mass is 191 g/mol. The summed E-state index contributed by atoms with van der Waals surface area (Å²) >= 11 is 0. The molecule has 0 heterocycles. The first-order valence-corrected chi connectivity index (χ1v) is 4.66. The van der Waals surface area contributed by atoms with Crippen molar-refractivity contribution in [3.05, 3.63) is 35.1 Å². The van der Waals surface area contributed by atoms with Gasteiger partial charge in [0.15, 0.2) is 0 Å². The van der Waals surface area contributed by atoms with Crippen molar-refractivity contribution in [1.29, 1.82) is 0 Å². The zero-order chi connectivity index (χ0) is 10.6. The second-order valence-corrected chi connectivity index (χ2v) is 3.27. The van der Waals surface area contributed by atoms with Crippen LogP contribution in [0.4, 0.5) is 4.39 Å². The first-order chi connectivity index (χ1) is 6.63. The van der Waals surface area contributed by atoms with E-state index in [2.05, 4.69) is 11.8 Å². The molecular weight excluding hydrogens is 177 g/mol. The molecule has 2 heteroatoms. The summed E-state index contributed by atoms with van der Waals surface area (Å²) in [6.07, 6.45) is 0.778. The zero-order valence-electron chi connectivity index (χ0n) is 8.47. The Morgan fingerprint density at radius 3 is 2.86 bits per heavy atom. The van der Waals surface area contributed by atoms with Crippen molar-refractivity contribution in [3.63, 3.8) is 0 Å². The lowest BCUT2D eigenvalue weighted by Gasteiger charge is -1.98. The Labute approximate surface area is 84.1 Å². The summed E-state index contributed by atoms with van der Waals surface area (Å²) in [5.74, 6) is 5.27. The van der Waals surface area contributed by atoms with Crippen molar-refractivity contribution in [3.8, 4) is 11.8 Å². The predicted octanol–water partition coefficient (Wildman–Crippen LogP) is 2.22. The van der Waals surface area contributed by atoms with Gasteiger partial charge in [-0.1, -0.05) is 24.8 Å². The van der Waals surface area contributed by atoms with E-state index in [1.165, 1.54) is 6.07 Å². The van der Waals surface area contributed by atoms with Gasteiger partial charge in [0.05, 0.1) is 11.6 Å². The summed E-state index contributed by atoms with van der Waals surface area (Å²) < 4.78 is 13.2. The van der Waals surface area contributed by atoms with Crippen LogP contribution in [0.15, 0.2) is 18.2 Å². The number of aryl methyl sites for hydroxylation is 1. The van der Waals surface area contributed by atoms with Crippen molar-refractivity contribution in [2.75, 3.05) is 0 Å². The average molecular weight is 191 g/mol. The number of hydrogen-bond acceptors (Lipinski definition) is 1. The highest BCUT2D eigenvalue weighted by atomic mass is 19.1. The normalized spacial score (nSPS) is 11.7. The maximum absolute atomic E-state index is 13.2. The molecule has 0 fully saturated rings. The van der Waals surface area contributed by atoms with E-state index in [1.807, 2.05) is 13.8 Å². The maximum atomic E-state index is 13.2. The molecule has 0 amide bonds. The Balaban J connectivity index is 2.94. The van der Waals surface area contributed by atoms with Gasteiger partial charge in [-0.15, -0.1) is 0 Å². The van der Waals surface area contributed by atoms with E-state index < -0.39 is 0 Å². The lowest BCUT2D eigenvalue weighted by Crippen LogP contribution is -2.15. The van der Waals surface area contributed by atoms with Crippen molar-refractivity contribution in [2.45, 2.75) is 26.3 Å². The minimum Gasteiger partial charge on any atom is -0.318 e. The molecule has 0 aliphatic carbocycles. The average Bonchev–Trinajstić information content (AvgIpc) is 2.19. The summed E-state index contributed by atoms with van der Waals surface area (Å²) in [4.78, 5) is 0. The third kappa shape index (κ3) is 2.86. The number of halogens is 1. The van der Waals surface area contributed by atoms with Crippen LogP contribution in [0.25, 0.3) is 0 Å². The Bertz CT molecular complexity index is 374. The van der Waals surface area contributed by atoms with Crippen LogP contribution in [-0.2, 0) is 0 Å². The smallest absolute Gasteiger partial charge is 0.138 e. The molecule has 0 spiro atoms. The molecule has 1 aromatic rings. The first-order valence-electron chi connectivity index (χ1n) is 4.66. The van der Waals surface area contributed by atoms with E-state index in [0.29, 0.717) is 5.56 Å². The second kappa shape index (κ2) is 4.78. The van der Waals surface area contributed by atoms with Crippen molar-refractivity contribution >= 4 is 0 Å². The first kappa shape index (κ1) is 10.7. The van der Waals surface area contributed by atoms with E-state index in [1.54, 1.807) is 12.1 Å². The second-order valence-electron chi connectivity index (χ2n) is 3.27. The van der Waals surface area contributed by atoms with Crippen LogP contribution in [0.3, 0.4) is 0 Å². The Morgan fingerprint density at radius 2 is 2.21 bits per heavy atom. The van der Waals surface area contributed by atoms with E-state index in [0.717, 1.165) is 12.0 Å². The molecule has 0 aliphatic rings. The van der Waals surface area contributed by atoms with Crippen molar-refractivity contribution < 1.29 is 4.39 Å². The molecular formula is C12H14FN. The highest BCUT2D eigenvalue weighted by molar-refractivity contribution is 5.38. The molecule has 0 aliphatic heterocycles. The summed E-state index contributed by atoms with van der Waals surface area (Å²) in [6, 6.07) is 4.71. The van der Waals surface area contributed by atoms with Crippen LogP contribution < -0.4 is 5.73 Å². The molecule has 0 saturated heterocycles. The molecule has 0 saturated carbocycles. The predicted molar refractivity (Wildman–Crippen MR) is 56.3 cm³/mol. The van der Waals surface area contributed by atoms with Crippen LogP contribution in [-0.4, -0.2) is 6.04 Å². The summed E-state index contributed by atoms with van der Waals surface area (Å²) in [5.41, 5.74) is 7.04. The number of benzene rings is 1. The van der Waals surface area contributed by atoms with Gasteiger partial charge in [0.25, 0.3) is 0 Å². The molecule has 0 bridgehead atoms. The van der Waals surface area contributed by atoms with Gasteiger partial charge in [-0.3, -0.25) is 0 Å². The zero-order valence-corrected chi connectivity index (χ0v) is 8.47.